The van der Waals surface area contributed by atoms with Crippen molar-refractivity contribution in [2.24, 2.45) is 7.05 Å². The quantitative estimate of drug-likeness (QED) is 0.852. The van der Waals surface area contributed by atoms with Gasteiger partial charge in [-0.1, -0.05) is 24.3 Å². The fourth-order valence-electron chi connectivity index (χ4n) is 2.38. The van der Waals surface area contributed by atoms with Crippen molar-refractivity contribution in [3.05, 3.63) is 41.2 Å². The van der Waals surface area contributed by atoms with Gasteiger partial charge >= 0.3 is 0 Å². The first-order valence-corrected chi connectivity index (χ1v) is 5.87. The molecule has 1 atom stereocenters. The van der Waals surface area contributed by atoms with Crippen molar-refractivity contribution in [2.75, 3.05) is 0 Å². The molecule has 0 amide bonds. The summed E-state index contributed by atoms with van der Waals surface area (Å²) in [5, 5.41) is 15.4. The van der Waals surface area contributed by atoms with Crippen LogP contribution < -0.4 is 5.32 Å². The number of aryl methyl sites for hydroxylation is 2. The highest BCUT2D eigenvalue weighted by Crippen LogP contribution is 2.30. The van der Waals surface area contributed by atoms with Crippen molar-refractivity contribution in [2.45, 2.75) is 25.4 Å². The lowest BCUT2D eigenvalue weighted by Gasteiger charge is -2.12. The lowest BCUT2D eigenvalue weighted by molar-refractivity contribution is 0.517. The molecule has 2 aromatic rings. The van der Waals surface area contributed by atoms with Crippen LogP contribution in [0.4, 0.5) is 0 Å². The van der Waals surface area contributed by atoms with Gasteiger partial charge in [0.2, 0.25) is 0 Å². The predicted molar refractivity (Wildman–Crippen MR) is 63.1 cm³/mol. The smallest absolute Gasteiger partial charge is 0.188 e. The molecule has 1 aliphatic carbocycles. The normalized spacial score (nSPS) is 18.3. The molecular formula is C12H15N5. The van der Waals surface area contributed by atoms with Gasteiger partial charge in [-0.2, -0.15) is 4.80 Å². The summed E-state index contributed by atoms with van der Waals surface area (Å²) in [6, 6.07) is 9.03. The van der Waals surface area contributed by atoms with Crippen molar-refractivity contribution < 1.29 is 0 Å². The van der Waals surface area contributed by atoms with Crippen molar-refractivity contribution in [1.29, 1.82) is 0 Å². The molecule has 0 aliphatic heterocycles. The second kappa shape index (κ2) is 4.25. The third-order valence-corrected chi connectivity index (χ3v) is 3.19. The molecule has 1 aromatic heterocycles. The first kappa shape index (κ1) is 10.4. The van der Waals surface area contributed by atoms with E-state index in [1.807, 2.05) is 0 Å². The minimum Gasteiger partial charge on any atom is -0.303 e. The highest BCUT2D eigenvalue weighted by molar-refractivity contribution is 5.34. The zero-order valence-corrected chi connectivity index (χ0v) is 9.80. The molecular weight excluding hydrogens is 214 g/mol. The average molecular weight is 229 g/mol. The molecule has 1 N–H and O–H groups in total. The highest BCUT2D eigenvalue weighted by atomic mass is 15.6. The second-order valence-corrected chi connectivity index (χ2v) is 4.37. The molecule has 0 saturated carbocycles. The number of nitrogens with one attached hydrogen (secondary N) is 1. The van der Waals surface area contributed by atoms with Crippen LogP contribution in [0.5, 0.6) is 0 Å². The molecule has 1 aliphatic rings. The number of rotatable bonds is 3. The SMILES string of the molecule is Cn1nnc(CNC2CCc3ccccc32)n1. The molecule has 17 heavy (non-hydrogen) atoms. The van der Waals surface area contributed by atoms with Crippen LogP contribution in [0.15, 0.2) is 24.3 Å². The van der Waals surface area contributed by atoms with Crippen molar-refractivity contribution in [1.82, 2.24) is 25.5 Å². The predicted octanol–water partition coefficient (Wildman–Crippen LogP) is 0.987. The molecule has 1 heterocycles. The fourth-order valence-corrected chi connectivity index (χ4v) is 2.38. The van der Waals surface area contributed by atoms with Gasteiger partial charge in [-0.15, -0.1) is 10.2 Å². The maximum Gasteiger partial charge on any atom is 0.188 e. The summed E-state index contributed by atoms with van der Waals surface area (Å²) in [4.78, 5) is 1.49. The minimum absolute atomic E-state index is 0.426. The zero-order chi connectivity index (χ0) is 11.7. The van der Waals surface area contributed by atoms with Crippen LogP contribution in [0, 0.1) is 0 Å². The average Bonchev–Trinajstić information content (AvgIpc) is 2.93. The molecule has 0 fully saturated rings. The largest absolute Gasteiger partial charge is 0.303 e. The van der Waals surface area contributed by atoms with Gasteiger partial charge in [0.25, 0.3) is 0 Å². The van der Waals surface area contributed by atoms with E-state index in [0.717, 1.165) is 18.7 Å². The Morgan fingerprint density at radius 3 is 3.12 bits per heavy atom. The van der Waals surface area contributed by atoms with Crippen molar-refractivity contribution >= 4 is 0 Å². The van der Waals surface area contributed by atoms with Gasteiger partial charge in [0.1, 0.15) is 0 Å². The van der Waals surface area contributed by atoms with E-state index in [1.54, 1.807) is 7.05 Å². The topological polar surface area (TPSA) is 55.6 Å². The Labute approximate surface area is 99.8 Å². The molecule has 0 bridgehead atoms. The molecule has 88 valence electrons. The van der Waals surface area contributed by atoms with Crippen LogP contribution in [-0.4, -0.2) is 20.2 Å². The van der Waals surface area contributed by atoms with Crippen LogP contribution in [0.25, 0.3) is 0 Å². The van der Waals surface area contributed by atoms with E-state index in [1.165, 1.54) is 15.9 Å². The Balaban J connectivity index is 1.68. The van der Waals surface area contributed by atoms with Crippen LogP contribution >= 0.6 is 0 Å². The van der Waals surface area contributed by atoms with E-state index < -0.39 is 0 Å². The minimum atomic E-state index is 0.426. The van der Waals surface area contributed by atoms with E-state index in [2.05, 4.69) is 45.0 Å². The molecule has 3 rings (SSSR count). The second-order valence-electron chi connectivity index (χ2n) is 4.37. The van der Waals surface area contributed by atoms with Crippen LogP contribution in [0.3, 0.4) is 0 Å². The summed E-state index contributed by atoms with van der Waals surface area (Å²) in [7, 11) is 1.78. The van der Waals surface area contributed by atoms with E-state index in [-0.39, 0.29) is 0 Å². The van der Waals surface area contributed by atoms with Gasteiger partial charge in [0.05, 0.1) is 13.6 Å². The van der Waals surface area contributed by atoms with E-state index in [9.17, 15) is 0 Å². The molecule has 5 heteroatoms. The summed E-state index contributed by atoms with van der Waals surface area (Å²) in [6.07, 6.45) is 2.31. The molecule has 0 spiro atoms. The molecule has 1 unspecified atom stereocenters. The number of aromatic nitrogens is 4. The zero-order valence-electron chi connectivity index (χ0n) is 9.80. The summed E-state index contributed by atoms with van der Waals surface area (Å²) in [5.41, 5.74) is 2.87. The van der Waals surface area contributed by atoms with Gasteiger partial charge in [0.15, 0.2) is 5.82 Å². The number of benzene rings is 1. The van der Waals surface area contributed by atoms with Gasteiger partial charge < -0.3 is 5.32 Å². The number of hydrogen-bond donors (Lipinski definition) is 1. The first-order chi connectivity index (χ1) is 8.33. The number of fused-ring (bicyclic) bond motifs is 1. The molecule has 0 radical (unpaired) electrons. The van der Waals surface area contributed by atoms with Crippen molar-refractivity contribution in [3.8, 4) is 0 Å². The van der Waals surface area contributed by atoms with Crippen LogP contribution in [0.1, 0.15) is 29.4 Å². The monoisotopic (exact) mass is 229 g/mol. The fraction of sp³-hybridized carbons (Fsp3) is 0.417. The van der Waals surface area contributed by atoms with Crippen LogP contribution in [0.2, 0.25) is 0 Å². The first-order valence-electron chi connectivity index (χ1n) is 5.87. The molecule has 5 nitrogen and oxygen atoms in total. The Morgan fingerprint density at radius 2 is 2.29 bits per heavy atom. The van der Waals surface area contributed by atoms with E-state index in [0.29, 0.717) is 12.6 Å². The van der Waals surface area contributed by atoms with Gasteiger partial charge in [-0.05, 0) is 29.2 Å². The lowest BCUT2D eigenvalue weighted by atomic mass is 10.1. The number of tetrazole rings is 1. The summed E-state index contributed by atoms with van der Waals surface area (Å²) in [6.45, 7) is 0.673. The van der Waals surface area contributed by atoms with Gasteiger partial charge in [-0.3, -0.25) is 0 Å². The Morgan fingerprint density at radius 1 is 1.41 bits per heavy atom. The Kier molecular flexibility index (Phi) is 2.60. The number of nitrogens with zero attached hydrogens (tertiary/aromatic N) is 4. The summed E-state index contributed by atoms with van der Waals surface area (Å²) >= 11 is 0. The molecule has 0 saturated heterocycles. The maximum absolute atomic E-state index is 4.16. The summed E-state index contributed by atoms with van der Waals surface area (Å²) < 4.78 is 0. The van der Waals surface area contributed by atoms with Crippen LogP contribution in [-0.2, 0) is 20.0 Å². The lowest BCUT2D eigenvalue weighted by Crippen LogP contribution is -2.19. The third kappa shape index (κ3) is 2.06. The van der Waals surface area contributed by atoms with Gasteiger partial charge in [0, 0.05) is 6.04 Å². The maximum atomic E-state index is 4.16. The summed E-state index contributed by atoms with van der Waals surface area (Å²) in [5.74, 6) is 0.747. The van der Waals surface area contributed by atoms with Crippen molar-refractivity contribution in [3.63, 3.8) is 0 Å². The van der Waals surface area contributed by atoms with E-state index >= 15 is 0 Å². The Bertz CT molecular complexity index is 519. The standard InChI is InChI=1S/C12H15N5/c1-17-15-12(14-16-17)8-13-11-7-6-9-4-2-3-5-10(9)11/h2-5,11,13H,6-8H2,1H3. The van der Waals surface area contributed by atoms with Gasteiger partial charge in [-0.25, -0.2) is 0 Å². The number of hydrogen-bond acceptors (Lipinski definition) is 4. The van der Waals surface area contributed by atoms with E-state index in [4.69, 9.17) is 0 Å². The highest BCUT2D eigenvalue weighted by Gasteiger charge is 2.21. The Hall–Kier alpha value is -1.75. The third-order valence-electron chi connectivity index (χ3n) is 3.19. The molecule has 1 aromatic carbocycles.